The SMILES string of the molecule is [CH-]=C(F)F.[Zn+2]. The van der Waals surface area contributed by atoms with Gasteiger partial charge in [0.25, 0.3) is 0 Å². The Morgan fingerprint density at radius 2 is 1.40 bits per heavy atom. The van der Waals surface area contributed by atoms with Crippen LogP contribution >= 0.6 is 0 Å². The molecule has 3 heteroatoms. The molecule has 0 spiro atoms. The van der Waals surface area contributed by atoms with Crippen molar-refractivity contribution in [2.45, 2.75) is 0 Å². The fourth-order valence-corrected chi connectivity index (χ4v) is 0. The van der Waals surface area contributed by atoms with Crippen molar-refractivity contribution in [3.05, 3.63) is 12.7 Å². The van der Waals surface area contributed by atoms with Gasteiger partial charge in [-0.05, 0) is 0 Å². The molecular weight excluding hydrogens is 127 g/mol. The van der Waals surface area contributed by atoms with Crippen molar-refractivity contribution in [1.82, 2.24) is 0 Å². The van der Waals surface area contributed by atoms with Crippen LogP contribution in [0.4, 0.5) is 8.78 Å². The Morgan fingerprint density at radius 3 is 1.40 bits per heavy atom. The fraction of sp³-hybridized carbons (Fsp3) is 0. The molecule has 0 rings (SSSR count). The van der Waals surface area contributed by atoms with Crippen molar-refractivity contribution in [3.8, 4) is 0 Å². The van der Waals surface area contributed by atoms with Crippen molar-refractivity contribution in [3.63, 3.8) is 0 Å². The first kappa shape index (κ1) is 8.97. The third kappa shape index (κ3) is 418. The third-order valence-electron chi connectivity index (χ3n) is 0. The summed E-state index contributed by atoms with van der Waals surface area (Å²) in [6.07, 6.45) is -2.08. The van der Waals surface area contributed by atoms with E-state index in [1.807, 2.05) is 0 Å². The van der Waals surface area contributed by atoms with Gasteiger partial charge in [0.2, 0.25) is 0 Å². The summed E-state index contributed by atoms with van der Waals surface area (Å²) in [7, 11) is 0. The van der Waals surface area contributed by atoms with Gasteiger partial charge in [0.1, 0.15) is 0 Å². The van der Waals surface area contributed by atoms with Crippen molar-refractivity contribution in [2.75, 3.05) is 0 Å². The summed E-state index contributed by atoms with van der Waals surface area (Å²) < 4.78 is 20.1. The summed E-state index contributed by atoms with van der Waals surface area (Å²) in [6.45, 7) is 3.69. The van der Waals surface area contributed by atoms with Gasteiger partial charge in [0, 0.05) is 0 Å². The average molecular weight is 128 g/mol. The largest absolute Gasteiger partial charge is 2.00 e. The first-order chi connectivity index (χ1) is 1.73. The van der Waals surface area contributed by atoms with Crippen LogP contribution in [0.25, 0.3) is 0 Å². The van der Waals surface area contributed by atoms with Crippen LogP contribution in [0.5, 0.6) is 0 Å². The number of rotatable bonds is 0. The van der Waals surface area contributed by atoms with Crippen LogP contribution in [0.1, 0.15) is 0 Å². The topological polar surface area (TPSA) is 0 Å². The maximum atomic E-state index is 10.0. The van der Waals surface area contributed by atoms with Gasteiger partial charge in [0.05, 0.1) is 6.08 Å². The Balaban J connectivity index is 0. The molecule has 0 aliphatic heterocycles. The molecule has 0 N–H and O–H groups in total. The van der Waals surface area contributed by atoms with Gasteiger partial charge in [0.15, 0.2) is 0 Å². The van der Waals surface area contributed by atoms with Gasteiger partial charge >= 0.3 is 19.5 Å². The first-order valence-corrected chi connectivity index (χ1v) is 0.667. The molecule has 0 bridgehead atoms. The summed E-state index contributed by atoms with van der Waals surface area (Å²) in [5.74, 6) is 0. The van der Waals surface area contributed by atoms with E-state index >= 15 is 0 Å². The Hall–Kier alpha value is 0.223. The molecular formula is C2HF2Zn+. The van der Waals surface area contributed by atoms with Crippen LogP contribution in [0.3, 0.4) is 0 Å². The summed E-state index contributed by atoms with van der Waals surface area (Å²) >= 11 is 0. The standard InChI is InChI=1S/C2HF2.Zn/c1-2(3)4;/h1H;/q-1;+2. The molecule has 0 unspecified atom stereocenters. The van der Waals surface area contributed by atoms with E-state index in [1.54, 1.807) is 0 Å². The maximum absolute atomic E-state index is 10.0. The van der Waals surface area contributed by atoms with Gasteiger partial charge in [-0.1, -0.05) is 0 Å². The van der Waals surface area contributed by atoms with Crippen molar-refractivity contribution < 1.29 is 28.3 Å². The molecule has 0 atom stereocenters. The molecule has 5 heavy (non-hydrogen) atoms. The van der Waals surface area contributed by atoms with E-state index in [9.17, 15) is 8.78 Å². The Morgan fingerprint density at radius 1 is 1.40 bits per heavy atom. The van der Waals surface area contributed by atoms with E-state index in [0.717, 1.165) is 0 Å². The minimum Gasteiger partial charge on any atom is -0.445 e. The molecule has 0 aromatic heterocycles. The van der Waals surface area contributed by atoms with E-state index < -0.39 is 6.08 Å². The number of hydrogen-bond acceptors (Lipinski definition) is 0. The van der Waals surface area contributed by atoms with Gasteiger partial charge in [-0.3, -0.25) is 0 Å². The summed E-state index contributed by atoms with van der Waals surface area (Å²) in [5, 5.41) is 0. The zero-order chi connectivity index (χ0) is 3.58. The fourth-order valence-electron chi connectivity index (χ4n) is 0. The molecule has 0 aliphatic carbocycles. The van der Waals surface area contributed by atoms with Gasteiger partial charge in [-0.15, -0.1) is 0 Å². The van der Waals surface area contributed by atoms with Crippen molar-refractivity contribution in [2.24, 2.45) is 0 Å². The second-order valence-corrected chi connectivity index (χ2v) is 0.290. The summed E-state index contributed by atoms with van der Waals surface area (Å²) in [4.78, 5) is 0. The first-order valence-electron chi connectivity index (χ1n) is 0.667. The molecule has 0 fully saturated rings. The Kier molecular flexibility index (Phi) is 7.57. The molecule has 0 aliphatic rings. The normalized spacial score (nSPS) is 5.20. The molecule has 0 aromatic carbocycles. The van der Waals surface area contributed by atoms with E-state index in [1.165, 1.54) is 0 Å². The minimum absolute atomic E-state index is 0. The van der Waals surface area contributed by atoms with Crippen LogP contribution in [0.15, 0.2) is 6.08 Å². The Labute approximate surface area is 41.6 Å². The van der Waals surface area contributed by atoms with Crippen LogP contribution < -0.4 is 0 Å². The van der Waals surface area contributed by atoms with Gasteiger partial charge in [-0.2, -0.15) is 0 Å². The molecule has 0 saturated carbocycles. The molecule has 0 nitrogen and oxygen atoms in total. The molecule has 0 saturated heterocycles. The number of hydrogen-bond donors (Lipinski definition) is 0. The predicted octanol–water partition coefficient (Wildman–Crippen LogP) is 1.20. The van der Waals surface area contributed by atoms with Crippen LogP contribution in [-0.2, 0) is 19.5 Å². The average Bonchev–Trinajstić information content (AvgIpc) is 0.811. The minimum atomic E-state index is -2.08. The zero-order valence-corrected chi connectivity index (χ0v) is 5.51. The maximum Gasteiger partial charge on any atom is 2.00 e. The second-order valence-electron chi connectivity index (χ2n) is 0.290. The molecule has 0 radical (unpaired) electrons. The monoisotopic (exact) mass is 127 g/mol. The van der Waals surface area contributed by atoms with E-state index in [2.05, 4.69) is 6.58 Å². The van der Waals surface area contributed by atoms with Crippen molar-refractivity contribution >= 4 is 0 Å². The zero-order valence-electron chi connectivity index (χ0n) is 2.54. The molecule has 0 aromatic rings. The summed E-state index contributed by atoms with van der Waals surface area (Å²) in [6, 6.07) is 0. The third-order valence-corrected chi connectivity index (χ3v) is 0. The quantitative estimate of drug-likeness (QED) is 0.340. The van der Waals surface area contributed by atoms with Crippen LogP contribution in [0.2, 0.25) is 0 Å². The van der Waals surface area contributed by atoms with E-state index in [0.29, 0.717) is 0 Å². The van der Waals surface area contributed by atoms with Crippen LogP contribution in [0, 0.1) is 6.58 Å². The number of halogens is 2. The predicted molar refractivity (Wildman–Crippen MR) is 10.0 cm³/mol. The van der Waals surface area contributed by atoms with Gasteiger partial charge in [-0.25, -0.2) is 8.78 Å². The smallest absolute Gasteiger partial charge is 0.445 e. The molecule has 24 valence electrons. The Bertz CT molecular complexity index is 30.6. The summed E-state index contributed by atoms with van der Waals surface area (Å²) in [5.41, 5.74) is 0. The van der Waals surface area contributed by atoms with Crippen molar-refractivity contribution in [1.29, 1.82) is 0 Å². The van der Waals surface area contributed by atoms with E-state index in [4.69, 9.17) is 0 Å². The van der Waals surface area contributed by atoms with Crippen LogP contribution in [-0.4, -0.2) is 0 Å². The molecule has 0 heterocycles. The molecule has 0 amide bonds. The second kappa shape index (κ2) is 4.22. The van der Waals surface area contributed by atoms with E-state index in [-0.39, 0.29) is 19.5 Å². The van der Waals surface area contributed by atoms with Gasteiger partial charge < -0.3 is 6.58 Å².